The minimum Gasteiger partial charge on any atom is -0.384 e. The fourth-order valence-corrected chi connectivity index (χ4v) is 6.23. The Bertz CT molecular complexity index is 768. The normalized spacial score (nSPS) is 35.6. The third kappa shape index (κ3) is 2.96. The highest BCUT2D eigenvalue weighted by Crippen LogP contribution is 2.70. The highest BCUT2D eigenvalue weighted by atomic mass is 19.2. The fourth-order valence-electron chi connectivity index (χ4n) is 6.23. The molecule has 3 aliphatic rings. The van der Waals surface area contributed by atoms with Gasteiger partial charge in [-0.15, -0.1) is 0 Å². The Hall–Kier alpha value is -1.53. The first-order chi connectivity index (χ1) is 13.3. The third-order valence-corrected chi connectivity index (χ3v) is 7.62. The van der Waals surface area contributed by atoms with E-state index in [0.717, 1.165) is 19.3 Å². The molecule has 1 spiro atoms. The van der Waals surface area contributed by atoms with E-state index < -0.39 is 11.6 Å². The predicted molar refractivity (Wildman–Crippen MR) is 101 cm³/mol. The van der Waals surface area contributed by atoms with Crippen molar-refractivity contribution >= 4 is 5.91 Å². The van der Waals surface area contributed by atoms with Crippen molar-refractivity contribution in [3.05, 3.63) is 35.4 Å². The standard InChI is InChI=1S/C22H29F2NO3/c1-21(2)14-11-15-19(13-4-5-16(23)17(24)10-13)28-9-7-22(15,12-14)20(21)25-18(26)6-8-27-3/h4-5,10,14-15,19-20H,6-9,11-12H2,1-3H3,(H,25,26)/t14-,15-,19-,20+,22?/m1/s1. The number of methoxy groups -OCH3 is 1. The molecular formula is C22H29F2NO3. The SMILES string of the molecule is COCCC(=O)N[C@H]1C(C)(C)[C@@H]2C[C@@H]3[C@@H](c4ccc(F)c(F)c4)OCCC31C2. The molecule has 1 unspecified atom stereocenters. The van der Waals surface area contributed by atoms with Crippen LogP contribution in [-0.4, -0.2) is 32.3 Å². The van der Waals surface area contributed by atoms with Gasteiger partial charge in [-0.2, -0.15) is 0 Å². The Balaban J connectivity index is 1.63. The Kier molecular flexibility index (Phi) is 4.99. The number of hydrogen-bond donors (Lipinski definition) is 1. The van der Waals surface area contributed by atoms with Crippen LogP contribution in [0.4, 0.5) is 8.78 Å². The molecule has 1 aliphatic heterocycles. The maximum atomic E-state index is 13.9. The highest BCUT2D eigenvalue weighted by Gasteiger charge is 2.68. The number of carbonyl (C=O) groups is 1. The van der Waals surface area contributed by atoms with E-state index >= 15 is 0 Å². The minimum atomic E-state index is -0.841. The highest BCUT2D eigenvalue weighted by molar-refractivity contribution is 5.76. The summed E-state index contributed by atoms with van der Waals surface area (Å²) in [5.74, 6) is -1.01. The van der Waals surface area contributed by atoms with Gasteiger partial charge in [0.15, 0.2) is 11.6 Å². The molecule has 2 saturated carbocycles. The molecule has 4 nitrogen and oxygen atoms in total. The van der Waals surface area contributed by atoms with Gasteiger partial charge in [-0.1, -0.05) is 19.9 Å². The molecule has 6 heteroatoms. The van der Waals surface area contributed by atoms with Gasteiger partial charge >= 0.3 is 0 Å². The van der Waals surface area contributed by atoms with Crippen LogP contribution in [0.3, 0.4) is 0 Å². The van der Waals surface area contributed by atoms with E-state index in [4.69, 9.17) is 9.47 Å². The topological polar surface area (TPSA) is 47.6 Å². The summed E-state index contributed by atoms with van der Waals surface area (Å²) in [7, 11) is 1.59. The summed E-state index contributed by atoms with van der Waals surface area (Å²) in [4.78, 5) is 12.5. The van der Waals surface area contributed by atoms with Crippen LogP contribution in [0.5, 0.6) is 0 Å². The first-order valence-corrected chi connectivity index (χ1v) is 10.1. The number of benzene rings is 1. The lowest BCUT2D eigenvalue weighted by atomic mass is 9.59. The van der Waals surface area contributed by atoms with E-state index in [0.29, 0.717) is 31.1 Å². The molecule has 0 aromatic heterocycles. The van der Waals surface area contributed by atoms with Crippen molar-refractivity contribution < 1.29 is 23.0 Å². The van der Waals surface area contributed by atoms with Gasteiger partial charge in [0.1, 0.15) is 0 Å². The maximum absolute atomic E-state index is 13.9. The molecule has 1 aromatic carbocycles. The van der Waals surface area contributed by atoms with Gasteiger partial charge < -0.3 is 14.8 Å². The molecule has 0 radical (unpaired) electrons. The second kappa shape index (κ2) is 7.06. The van der Waals surface area contributed by atoms with E-state index in [9.17, 15) is 13.6 Å². The van der Waals surface area contributed by atoms with Crippen molar-refractivity contribution in [2.24, 2.45) is 22.7 Å². The van der Waals surface area contributed by atoms with Crippen LogP contribution >= 0.6 is 0 Å². The summed E-state index contributed by atoms with van der Waals surface area (Å²) in [5, 5.41) is 3.31. The van der Waals surface area contributed by atoms with Crippen LogP contribution in [0, 0.1) is 34.3 Å². The van der Waals surface area contributed by atoms with Crippen molar-refractivity contribution in [1.29, 1.82) is 0 Å². The molecule has 1 amide bonds. The Labute approximate surface area is 165 Å². The number of fused-ring (bicyclic) bond motifs is 1. The summed E-state index contributed by atoms with van der Waals surface area (Å²) in [6, 6.07) is 4.12. The lowest BCUT2D eigenvalue weighted by Gasteiger charge is -2.53. The van der Waals surface area contributed by atoms with Crippen LogP contribution in [0.1, 0.15) is 51.2 Å². The zero-order chi connectivity index (χ0) is 20.1. The molecule has 154 valence electrons. The number of nitrogens with one attached hydrogen (secondary N) is 1. The van der Waals surface area contributed by atoms with E-state index in [2.05, 4.69) is 19.2 Å². The Morgan fingerprint density at radius 2 is 2.11 bits per heavy atom. The van der Waals surface area contributed by atoms with Crippen molar-refractivity contribution in [2.75, 3.05) is 20.3 Å². The van der Waals surface area contributed by atoms with Crippen molar-refractivity contribution in [3.63, 3.8) is 0 Å². The number of carbonyl (C=O) groups excluding carboxylic acids is 1. The van der Waals surface area contributed by atoms with E-state index in [1.165, 1.54) is 12.1 Å². The molecule has 5 atom stereocenters. The molecular weight excluding hydrogens is 364 g/mol. The average molecular weight is 393 g/mol. The number of ether oxygens (including phenoxy) is 2. The van der Waals surface area contributed by atoms with Gasteiger partial charge in [0, 0.05) is 26.2 Å². The van der Waals surface area contributed by atoms with Crippen LogP contribution in [0.2, 0.25) is 0 Å². The second-order valence-electron chi connectivity index (χ2n) is 9.26. The van der Waals surface area contributed by atoms with Gasteiger partial charge in [0.25, 0.3) is 0 Å². The molecule has 1 saturated heterocycles. The van der Waals surface area contributed by atoms with Crippen LogP contribution in [0.25, 0.3) is 0 Å². The summed E-state index contributed by atoms with van der Waals surface area (Å²) >= 11 is 0. The first-order valence-electron chi connectivity index (χ1n) is 10.1. The number of rotatable bonds is 5. The lowest BCUT2D eigenvalue weighted by molar-refractivity contribution is -0.137. The summed E-state index contributed by atoms with van der Waals surface area (Å²) in [6.07, 6.45) is 3.00. The van der Waals surface area contributed by atoms with Crippen molar-refractivity contribution in [2.45, 2.75) is 51.7 Å². The van der Waals surface area contributed by atoms with Crippen molar-refractivity contribution in [1.82, 2.24) is 5.32 Å². The molecule has 2 bridgehead atoms. The van der Waals surface area contributed by atoms with E-state index in [1.54, 1.807) is 13.2 Å². The number of halogens is 2. The van der Waals surface area contributed by atoms with E-state index in [1.807, 2.05) is 0 Å². The molecule has 3 fully saturated rings. The third-order valence-electron chi connectivity index (χ3n) is 7.62. The molecule has 4 rings (SSSR count). The molecule has 1 aromatic rings. The fraction of sp³-hybridized carbons (Fsp3) is 0.682. The van der Waals surface area contributed by atoms with Crippen LogP contribution in [0.15, 0.2) is 18.2 Å². The summed E-state index contributed by atoms with van der Waals surface area (Å²) in [6.45, 7) is 5.45. The van der Waals surface area contributed by atoms with Crippen LogP contribution < -0.4 is 5.32 Å². The zero-order valence-corrected chi connectivity index (χ0v) is 16.8. The first kappa shape index (κ1) is 19.8. The molecule has 28 heavy (non-hydrogen) atoms. The van der Waals surface area contributed by atoms with Crippen molar-refractivity contribution in [3.8, 4) is 0 Å². The quantitative estimate of drug-likeness (QED) is 0.823. The molecule has 1 N–H and O–H groups in total. The van der Waals surface area contributed by atoms with Gasteiger partial charge in [0.05, 0.1) is 12.7 Å². The minimum absolute atomic E-state index is 0.00479. The monoisotopic (exact) mass is 393 g/mol. The average Bonchev–Trinajstić information content (AvgIpc) is 3.15. The smallest absolute Gasteiger partial charge is 0.222 e. The van der Waals surface area contributed by atoms with E-state index in [-0.39, 0.29) is 34.8 Å². The maximum Gasteiger partial charge on any atom is 0.222 e. The van der Waals surface area contributed by atoms with Gasteiger partial charge in [-0.25, -0.2) is 8.78 Å². The number of amides is 1. The number of hydrogen-bond acceptors (Lipinski definition) is 3. The van der Waals surface area contributed by atoms with Gasteiger partial charge in [-0.3, -0.25) is 4.79 Å². The Morgan fingerprint density at radius 3 is 2.82 bits per heavy atom. The van der Waals surface area contributed by atoms with Crippen LogP contribution in [-0.2, 0) is 14.3 Å². The second-order valence-corrected chi connectivity index (χ2v) is 9.26. The predicted octanol–water partition coefficient (Wildman–Crippen LogP) is 4.00. The summed E-state index contributed by atoms with van der Waals surface area (Å²) in [5.41, 5.74) is 0.623. The Morgan fingerprint density at radius 1 is 1.32 bits per heavy atom. The van der Waals surface area contributed by atoms with Gasteiger partial charge in [-0.05, 0) is 59.6 Å². The van der Waals surface area contributed by atoms with Gasteiger partial charge in [0.2, 0.25) is 5.91 Å². The zero-order valence-electron chi connectivity index (χ0n) is 16.8. The summed E-state index contributed by atoms with van der Waals surface area (Å²) < 4.78 is 38.4. The molecule has 2 aliphatic carbocycles. The largest absolute Gasteiger partial charge is 0.384 e. The lowest BCUT2D eigenvalue weighted by Crippen LogP contribution is -2.59. The molecule has 1 heterocycles.